The van der Waals surface area contributed by atoms with Crippen molar-refractivity contribution in [3.05, 3.63) is 41.4 Å². The van der Waals surface area contributed by atoms with Gasteiger partial charge in [-0.25, -0.2) is 9.97 Å². The molecule has 1 aliphatic rings. The quantitative estimate of drug-likeness (QED) is 0.155. The Bertz CT molecular complexity index is 1470. The fourth-order valence-electron chi connectivity index (χ4n) is 4.12. The SMILES string of the molecule is COc1nc(N2CCN(C)CC2)ncc1Nc1ncc(Br)c(N(I)c2ccc3nccnc3c2N(C)SC)n1. The molecule has 0 saturated carbocycles. The Labute approximate surface area is 253 Å². The molecule has 1 aromatic carbocycles. The molecule has 0 radical (unpaired) electrons. The average molecular weight is 724 g/mol. The minimum absolute atomic E-state index is 0.379. The summed E-state index contributed by atoms with van der Waals surface area (Å²) >= 11 is 7.45. The first kappa shape index (κ1) is 27.8. The number of hydrogen-bond acceptors (Lipinski definition) is 13. The van der Waals surface area contributed by atoms with Crippen LogP contribution in [0, 0.1) is 0 Å². The summed E-state index contributed by atoms with van der Waals surface area (Å²) in [6, 6.07) is 3.97. The highest BCUT2D eigenvalue weighted by molar-refractivity contribution is 14.1. The summed E-state index contributed by atoms with van der Waals surface area (Å²) in [6.45, 7) is 3.66. The molecule has 0 unspecified atom stereocenters. The van der Waals surface area contributed by atoms with Gasteiger partial charge in [-0.05, 0) is 35.1 Å². The van der Waals surface area contributed by atoms with Crippen LogP contribution in [-0.2, 0) is 0 Å². The first-order valence-electron chi connectivity index (χ1n) is 12.0. The number of piperazine rings is 1. The van der Waals surface area contributed by atoms with Crippen molar-refractivity contribution >= 4 is 96.6 Å². The van der Waals surface area contributed by atoms with Crippen molar-refractivity contribution < 1.29 is 4.74 Å². The van der Waals surface area contributed by atoms with Crippen LogP contribution in [0.1, 0.15) is 0 Å². The Morgan fingerprint density at radius 1 is 1.05 bits per heavy atom. The number of nitrogens with one attached hydrogen (secondary N) is 1. The van der Waals surface area contributed by atoms with E-state index in [1.54, 1.807) is 43.8 Å². The van der Waals surface area contributed by atoms with Crippen molar-refractivity contribution in [2.45, 2.75) is 0 Å². The predicted molar refractivity (Wildman–Crippen MR) is 169 cm³/mol. The molecule has 15 heteroatoms. The molecule has 0 spiro atoms. The van der Waals surface area contributed by atoms with Crippen LogP contribution in [0.3, 0.4) is 0 Å². The third kappa shape index (κ3) is 5.90. The zero-order chi connectivity index (χ0) is 27.5. The van der Waals surface area contributed by atoms with Crippen molar-refractivity contribution in [1.82, 2.24) is 34.8 Å². The van der Waals surface area contributed by atoms with E-state index in [1.165, 1.54) is 0 Å². The number of halogens is 2. The second kappa shape index (κ2) is 12.2. The van der Waals surface area contributed by atoms with E-state index in [0.717, 1.165) is 53.1 Å². The van der Waals surface area contributed by atoms with E-state index >= 15 is 0 Å². The van der Waals surface area contributed by atoms with Gasteiger partial charge in [-0.2, -0.15) is 9.97 Å². The molecule has 1 saturated heterocycles. The summed E-state index contributed by atoms with van der Waals surface area (Å²) in [4.78, 5) is 32.0. The van der Waals surface area contributed by atoms with Crippen LogP contribution in [0.4, 0.5) is 34.8 Å². The second-order valence-corrected chi connectivity index (χ2v) is 11.4. The van der Waals surface area contributed by atoms with Gasteiger partial charge in [0.05, 0.1) is 57.5 Å². The molecule has 4 aromatic rings. The fourth-order valence-corrected chi connectivity index (χ4v) is 5.94. The monoisotopic (exact) mass is 723 g/mol. The van der Waals surface area contributed by atoms with Crippen LogP contribution in [0.2, 0.25) is 0 Å². The summed E-state index contributed by atoms with van der Waals surface area (Å²) in [7, 11) is 5.71. The molecule has 0 atom stereocenters. The number of fused-ring (bicyclic) bond motifs is 1. The van der Waals surface area contributed by atoms with Crippen molar-refractivity contribution in [2.24, 2.45) is 0 Å². The highest BCUT2D eigenvalue weighted by Gasteiger charge is 2.23. The maximum Gasteiger partial charge on any atom is 0.242 e. The largest absolute Gasteiger partial charge is 0.479 e. The summed E-state index contributed by atoms with van der Waals surface area (Å²) in [5, 5.41) is 3.23. The van der Waals surface area contributed by atoms with Gasteiger partial charge in [0.2, 0.25) is 17.8 Å². The minimum atomic E-state index is 0.379. The second-order valence-electron chi connectivity index (χ2n) is 8.69. The molecule has 12 nitrogen and oxygen atoms in total. The van der Waals surface area contributed by atoms with Gasteiger partial charge < -0.3 is 24.2 Å². The molecule has 5 rings (SSSR count). The smallest absolute Gasteiger partial charge is 0.242 e. The maximum absolute atomic E-state index is 5.59. The number of likely N-dealkylation sites (N-methyl/N-ethyl adjacent to an activating group) is 1. The van der Waals surface area contributed by atoms with Gasteiger partial charge in [-0.15, -0.1) is 0 Å². The number of hydrogen-bond donors (Lipinski definition) is 1. The highest BCUT2D eigenvalue weighted by Crippen LogP contribution is 2.43. The van der Waals surface area contributed by atoms with Gasteiger partial charge in [-0.1, -0.05) is 11.9 Å². The number of rotatable bonds is 8. The summed E-state index contributed by atoms with van der Waals surface area (Å²) in [6.07, 6.45) is 8.83. The summed E-state index contributed by atoms with van der Waals surface area (Å²) in [5.74, 6) is 2.10. The number of aromatic nitrogens is 6. The van der Waals surface area contributed by atoms with Gasteiger partial charge >= 0.3 is 0 Å². The third-order valence-corrected chi connectivity index (χ3v) is 8.54. The molecule has 0 aliphatic carbocycles. The molecule has 1 aliphatic heterocycles. The molecule has 1 N–H and O–H groups in total. The lowest BCUT2D eigenvalue weighted by atomic mass is 10.2. The lowest BCUT2D eigenvalue weighted by Crippen LogP contribution is -2.45. The van der Waals surface area contributed by atoms with Crippen molar-refractivity contribution in [1.29, 1.82) is 0 Å². The lowest BCUT2D eigenvalue weighted by molar-refractivity contribution is 0.310. The highest BCUT2D eigenvalue weighted by atomic mass is 127. The van der Waals surface area contributed by atoms with Crippen molar-refractivity contribution in [2.75, 3.05) is 71.3 Å². The van der Waals surface area contributed by atoms with Gasteiger partial charge in [-0.3, -0.25) is 13.1 Å². The van der Waals surface area contributed by atoms with E-state index in [9.17, 15) is 0 Å². The topological polar surface area (TPSA) is 112 Å². The van der Waals surface area contributed by atoms with Crippen molar-refractivity contribution in [3.63, 3.8) is 0 Å². The standard InChI is InChI=1S/C24H27BrIN11OS/c1-34-9-11-36(12-10-34)24-30-14-17(22(33-24)38-3)31-23-29-13-15(25)21(32-23)37(26)18-6-5-16-19(28-8-7-27-16)20(18)35(2)39-4/h5-8,13-14H,9-12H2,1-4H3,(H,29,31,32). The predicted octanol–water partition coefficient (Wildman–Crippen LogP) is 4.68. The average Bonchev–Trinajstić information content (AvgIpc) is 2.97. The van der Waals surface area contributed by atoms with Crippen LogP contribution in [-0.4, -0.2) is 88.4 Å². The molecular formula is C24H27BrIN11OS. The van der Waals surface area contributed by atoms with E-state index < -0.39 is 0 Å². The van der Waals surface area contributed by atoms with E-state index in [4.69, 9.17) is 9.72 Å². The number of methoxy groups -OCH3 is 1. The Morgan fingerprint density at radius 2 is 1.82 bits per heavy atom. The fraction of sp³-hybridized carbons (Fsp3) is 0.333. The Hall–Kier alpha value is -2.76. The molecule has 0 amide bonds. The first-order valence-corrected chi connectivity index (χ1v) is 14.9. The molecule has 39 heavy (non-hydrogen) atoms. The number of ether oxygens (including phenoxy) is 1. The molecule has 3 aromatic heterocycles. The molecule has 0 bridgehead atoms. The van der Waals surface area contributed by atoms with Gasteiger partial charge in [0.1, 0.15) is 11.2 Å². The Morgan fingerprint density at radius 3 is 2.56 bits per heavy atom. The summed E-state index contributed by atoms with van der Waals surface area (Å²) in [5.41, 5.74) is 4.03. The van der Waals surface area contributed by atoms with Crippen LogP contribution < -0.4 is 22.4 Å². The molecule has 204 valence electrons. The van der Waals surface area contributed by atoms with Crippen LogP contribution in [0.15, 0.2) is 41.4 Å². The maximum atomic E-state index is 5.59. The van der Waals surface area contributed by atoms with Crippen LogP contribution in [0.5, 0.6) is 5.88 Å². The van der Waals surface area contributed by atoms with Crippen molar-refractivity contribution in [3.8, 4) is 5.88 Å². The van der Waals surface area contributed by atoms with Crippen LogP contribution in [0.25, 0.3) is 11.0 Å². The summed E-state index contributed by atoms with van der Waals surface area (Å²) < 4.78 is 10.4. The molecule has 1 fully saturated rings. The van der Waals surface area contributed by atoms with Crippen LogP contribution >= 0.6 is 50.7 Å². The third-order valence-electron chi connectivity index (χ3n) is 6.27. The van der Waals surface area contributed by atoms with E-state index in [-0.39, 0.29) is 0 Å². The van der Waals surface area contributed by atoms with E-state index in [1.807, 2.05) is 28.5 Å². The lowest BCUT2D eigenvalue weighted by Gasteiger charge is -2.32. The normalized spacial score (nSPS) is 13.9. The zero-order valence-corrected chi connectivity index (χ0v) is 26.4. The molecular weight excluding hydrogens is 697 g/mol. The number of benzene rings is 1. The molecule has 4 heterocycles. The van der Waals surface area contributed by atoms with E-state index in [0.29, 0.717) is 29.3 Å². The van der Waals surface area contributed by atoms with E-state index in [2.05, 4.69) is 90.2 Å². The number of nitrogens with zero attached hydrogens (tertiary/aromatic N) is 10. The number of anilines is 6. The Kier molecular flexibility index (Phi) is 8.68. The Balaban J connectivity index is 1.45. The van der Waals surface area contributed by atoms with Gasteiger partial charge in [0.25, 0.3) is 0 Å². The minimum Gasteiger partial charge on any atom is -0.479 e. The zero-order valence-electron chi connectivity index (χ0n) is 21.8. The first-order chi connectivity index (χ1) is 18.9. The van der Waals surface area contributed by atoms with Gasteiger partial charge in [0, 0.05) is 58.1 Å². The van der Waals surface area contributed by atoms with Gasteiger partial charge in [0.15, 0.2) is 5.82 Å².